The molecule has 0 atom stereocenters. The van der Waals surface area contributed by atoms with E-state index in [-0.39, 0.29) is 41.5 Å². The van der Waals surface area contributed by atoms with Crippen molar-refractivity contribution in [3.8, 4) is 0 Å². The van der Waals surface area contributed by atoms with Crippen molar-refractivity contribution in [1.29, 1.82) is 0 Å². The third-order valence-electron chi connectivity index (χ3n) is 5.13. The first-order chi connectivity index (χ1) is 17.4. The summed E-state index contributed by atoms with van der Waals surface area (Å²) in [5, 5.41) is 5.13. The molecule has 0 aliphatic heterocycles. The van der Waals surface area contributed by atoms with E-state index < -0.39 is 35.4 Å². The second-order valence-electron chi connectivity index (χ2n) is 7.80. The largest absolute Gasteiger partial charge is 0.416 e. The smallest absolute Gasteiger partial charge is 0.352 e. The minimum absolute atomic E-state index is 0.0381. The summed E-state index contributed by atoms with van der Waals surface area (Å²) in [6, 6.07) is 13.2. The zero-order valence-electron chi connectivity index (χ0n) is 19.0. The SMILES string of the molecule is O=C(NCCCN(C(=O)Nc1cccc(C(F)(F)F)c1)c1cccc(C(F)(F)F)c1)c1ccccc1Cl. The Morgan fingerprint density at radius 3 is 2.08 bits per heavy atom. The molecule has 2 N–H and O–H groups in total. The normalized spacial score (nSPS) is 11.6. The van der Waals surface area contributed by atoms with Crippen molar-refractivity contribution in [2.24, 2.45) is 0 Å². The van der Waals surface area contributed by atoms with Gasteiger partial charge in [-0.3, -0.25) is 9.69 Å². The van der Waals surface area contributed by atoms with Crippen LogP contribution in [0, 0.1) is 0 Å². The fraction of sp³-hybridized carbons (Fsp3) is 0.200. The van der Waals surface area contributed by atoms with Crippen LogP contribution in [-0.4, -0.2) is 25.0 Å². The summed E-state index contributed by atoms with van der Waals surface area (Å²) in [7, 11) is 0. The van der Waals surface area contributed by atoms with Crippen LogP contribution in [0.15, 0.2) is 72.8 Å². The van der Waals surface area contributed by atoms with Gasteiger partial charge >= 0.3 is 18.4 Å². The molecule has 0 heterocycles. The van der Waals surface area contributed by atoms with Crippen molar-refractivity contribution in [3.63, 3.8) is 0 Å². The Balaban J connectivity index is 1.77. The summed E-state index contributed by atoms with van der Waals surface area (Å²) < 4.78 is 78.8. The fourth-order valence-corrected chi connectivity index (χ4v) is 3.56. The van der Waals surface area contributed by atoms with E-state index in [1.54, 1.807) is 12.1 Å². The molecular formula is C25H20ClF6N3O2. The molecule has 0 aliphatic carbocycles. The average molecular weight is 544 g/mol. The number of hydrogen-bond acceptors (Lipinski definition) is 2. The third kappa shape index (κ3) is 7.63. The first-order valence-corrected chi connectivity index (χ1v) is 11.2. The molecule has 37 heavy (non-hydrogen) atoms. The topological polar surface area (TPSA) is 61.4 Å². The van der Waals surface area contributed by atoms with Crippen molar-refractivity contribution in [1.82, 2.24) is 5.32 Å². The van der Waals surface area contributed by atoms with Crippen LogP contribution >= 0.6 is 11.6 Å². The molecule has 0 aromatic heterocycles. The monoisotopic (exact) mass is 543 g/mol. The summed E-state index contributed by atoms with van der Waals surface area (Å²) in [4.78, 5) is 26.3. The number of alkyl halides is 6. The maximum atomic E-state index is 13.2. The predicted molar refractivity (Wildman–Crippen MR) is 128 cm³/mol. The Kier molecular flexibility index (Phi) is 8.69. The number of halogens is 7. The van der Waals surface area contributed by atoms with Crippen LogP contribution in [0.1, 0.15) is 27.9 Å². The van der Waals surface area contributed by atoms with Crippen LogP contribution in [0.3, 0.4) is 0 Å². The average Bonchev–Trinajstić information content (AvgIpc) is 2.83. The molecule has 12 heteroatoms. The maximum absolute atomic E-state index is 13.2. The number of benzene rings is 3. The molecule has 0 unspecified atom stereocenters. The molecule has 3 aromatic carbocycles. The molecule has 196 valence electrons. The summed E-state index contributed by atoms with van der Waals surface area (Å²) in [5.41, 5.74) is -2.10. The molecule has 3 aromatic rings. The fourth-order valence-electron chi connectivity index (χ4n) is 3.34. The van der Waals surface area contributed by atoms with E-state index in [9.17, 15) is 35.9 Å². The van der Waals surface area contributed by atoms with Crippen LogP contribution < -0.4 is 15.5 Å². The van der Waals surface area contributed by atoms with Crippen LogP contribution in [-0.2, 0) is 12.4 Å². The molecule has 0 spiro atoms. The van der Waals surface area contributed by atoms with E-state index in [1.165, 1.54) is 24.3 Å². The van der Waals surface area contributed by atoms with E-state index in [0.717, 1.165) is 35.2 Å². The number of nitrogens with zero attached hydrogens (tertiary/aromatic N) is 1. The first-order valence-electron chi connectivity index (χ1n) is 10.8. The quantitative estimate of drug-likeness (QED) is 0.244. The second kappa shape index (κ2) is 11.5. The first kappa shape index (κ1) is 27.9. The van der Waals surface area contributed by atoms with Crippen molar-refractivity contribution in [2.45, 2.75) is 18.8 Å². The zero-order chi connectivity index (χ0) is 27.2. The number of carbonyl (C=O) groups is 2. The number of anilines is 2. The van der Waals surface area contributed by atoms with E-state index >= 15 is 0 Å². The molecule has 0 aliphatic rings. The van der Waals surface area contributed by atoms with Gasteiger partial charge in [0, 0.05) is 24.5 Å². The van der Waals surface area contributed by atoms with E-state index in [0.29, 0.717) is 6.07 Å². The van der Waals surface area contributed by atoms with E-state index in [1.807, 2.05) is 0 Å². The van der Waals surface area contributed by atoms with Gasteiger partial charge in [0.2, 0.25) is 0 Å². The second-order valence-corrected chi connectivity index (χ2v) is 8.20. The Morgan fingerprint density at radius 2 is 1.43 bits per heavy atom. The molecule has 0 radical (unpaired) electrons. The number of hydrogen-bond donors (Lipinski definition) is 2. The molecule has 0 fully saturated rings. The van der Waals surface area contributed by atoms with Gasteiger partial charge in [-0.1, -0.05) is 35.9 Å². The van der Waals surface area contributed by atoms with Gasteiger partial charge in [-0.15, -0.1) is 0 Å². The highest BCUT2D eigenvalue weighted by Gasteiger charge is 2.32. The van der Waals surface area contributed by atoms with Gasteiger partial charge in [-0.05, 0) is 55.0 Å². The lowest BCUT2D eigenvalue weighted by atomic mass is 10.1. The molecule has 0 bridgehead atoms. The van der Waals surface area contributed by atoms with Gasteiger partial charge in [0.05, 0.1) is 21.7 Å². The highest BCUT2D eigenvalue weighted by Crippen LogP contribution is 2.33. The zero-order valence-corrected chi connectivity index (χ0v) is 19.7. The van der Waals surface area contributed by atoms with Gasteiger partial charge < -0.3 is 10.6 Å². The predicted octanol–water partition coefficient (Wildman–Crippen LogP) is 7.24. The number of nitrogens with one attached hydrogen (secondary N) is 2. The lowest BCUT2D eigenvalue weighted by Crippen LogP contribution is -2.37. The molecule has 0 saturated heterocycles. The van der Waals surface area contributed by atoms with E-state index in [4.69, 9.17) is 11.6 Å². The summed E-state index contributed by atoms with van der Waals surface area (Å²) in [6.07, 6.45) is -9.22. The van der Waals surface area contributed by atoms with Crippen molar-refractivity contribution >= 4 is 34.9 Å². The van der Waals surface area contributed by atoms with E-state index in [2.05, 4.69) is 10.6 Å². The van der Waals surface area contributed by atoms with Gasteiger partial charge in [0.15, 0.2) is 0 Å². The number of rotatable bonds is 7. The molecule has 3 amide bonds. The molecular weight excluding hydrogens is 524 g/mol. The Labute approximate surface area is 213 Å². The minimum Gasteiger partial charge on any atom is -0.352 e. The summed E-state index contributed by atoms with van der Waals surface area (Å²) in [5.74, 6) is -0.482. The van der Waals surface area contributed by atoms with Crippen LogP contribution in [0.4, 0.5) is 42.5 Å². The van der Waals surface area contributed by atoms with Gasteiger partial charge in [-0.25, -0.2) is 4.79 Å². The third-order valence-corrected chi connectivity index (χ3v) is 5.46. The lowest BCUT2D eigenvalue weighted by molar-refractivity contribution is -0.138. The van der Waals surface area contributed by atoms with Crippen molar-refractivity contribution in [3.05, 3.63) is 94.5 Å². The Hall–Kier alpha value is -3.73. The molecule has 3 rings (SSSR count). The number of carbonyl (C=O) groups excluding carboxylic acids is 2. The van der Waals surface area contributed by atoms with Gasteiger partial charge in [0.1, 0.15) is 0 Å². The van der Waals surface area contributed by atoms with Gasteiger partial charge in [-0.2, -0.15) is 26.3 Å². The van der Waals surface area contributed by atoms with Crippen LogP contribution in [0.25, 0.3) is 0 Å². The van der Waals surface area contributed by atoms with Crippen LogP contribution in [0.5, 0.6) is 0 Å². The standard InChI is InChI=1S/C25H20ClF6N3O2/c26-21-11-2-1-10-20(21)22(36)33-12-5-13-35(19-9-4-7-17(15-19)25(30,31)32)23(37)34-18-8-3-6-16(14-18)24(27,28)29/h1-4,6-11,14-15H,5,12-13H2,(H,33,36)(H,34,37). The minimum atomic E-state index is -4.68. The number of urea groups is 1. The summed E-state index contributed by atoms with van der Waals surface area (Å²) in [6.45, 7) is -0.120. The Morgan fingerprint density at radius 1 is 0.811 bits per heavy atom. The highest BCUT2D eigenvalue weighted by molar-refractivity contribution is 6.33. The Bertz CT molecular complexity index is 1260. The van der Waals surface area contributed by atoms with Crippen molar-refractivity contribution in [2.75, 3.05) is 23.3 Å². The van der Waals surface area contributed by atoms with Gasteiger partial charge in [0.25, 0.3) is 5.91 Å². The summed E-state index contributed by atoms with van der Waals surface area (Å²) >= 11 is 5.99. The van der Waals surface area contributed by atoms with Crippen LogP contribution in [0.2, 0.25) is 5.02 Å². The molecule has 5 nitrogen and oxygen atoms in total. The molecule has 0 saturated carbocycles. The number of amides is 3. The highest BCUT2D eigenvalue weighted by atomic mass is 35.5. The maximum Gasteiger partial charge on any atom is 0.416 e. The lowest BCUT2D eigenvalue weighted by Gasteiger charge is -2.24. The van der Waals surface area contributed by atoms with Crippen molar-refractivity contribution < 1.29 is 35.9 Å².